The highest BCUT2D eigenvalue weighted by Gasteiger charge is 2.13. The summed E-state index contributed by atoms with van der Waals surface area (Å²) in [7, 11) is 0. The molecule has 0 aliphatic carbocycles. The van der Waals surface area contributed by atoms with Crippen LogP contribution < -0.4 is 5.32 Å². The Hall–Kier alpha value is -1.82. The maximum atomic E-state index is 13.6. The molecule has 1 unspecified atom stereocenters. The number of rotatable bonds is 5. The van der Waals surface area contributed by atoms with Crippen molar-refractivity contribution >= 4 is 23.6 Å². The van der Waals surface area contributed by atoms with Crippen molar-refractivity contribution < 1.29 is 13.7 Å². The van der Waals surface area contributed by atoms with Gasteiger partial charge < -0.3 is 4.52 Å². The van der Waals surface area contributed by atoms with Gasteiger partial charge in [0.05, 0.1) is 11.4 Å². The number of nitrogens with zero attached hydrogens (tertiary/aromatic N) is 1. The summed E-state index contributed by atoms with van der Waals surface area (Å²) in [6.07, 6.45) is 0. The van der Waals surface area contributed by atoms with E-state index >= 15 is 0 Å². The number of aromatic nitrogens is 1. The van der Waals surface area contributed by atoms with Gasteiger partial charge in [-0.25, -0.2) is 4.39 Å². The lowest BCUT2D eigenvalue weighted by Crippen LogP contribution is -2.14. The van der Waals surface area contributed by atoms with E-state index in [1.54, 1.807) is 31.2 Å². The Bertz CT molecular complexity index is 600. The number of carbonyl (C=O) groups excluding carboxylic acids is 1. The summed E-state index contributed by atoms with van der Waals surface area (Å²) in [6, 6.07) is 8.22. The standard InChI is InChI=1S/C14H15FN2O2S/c1-9-7-14(19-17-9)16-13(18)8-20-10(2)11-5-3-4-6-12(11)15/h3-7,10H,8H2,1-2H3,(H,16,18). The maximum Gasteiger partial charge on any atom is 0.236 e. The van der Waals surface area contributed by atoms with Gasteiger partial charge in [0.15, 0.2) is 0 Å². The zero-order valence-electron chi connectivity index (χ0n) is 11.2. The van der Waals surface area contributed by atoms with E-state index in [0.717, 1.165) is 0 Å². The number of benzene rings is 1. The van der Waals surface area contributed by atoms with Crippen molar-refractivity contribution in [1.82, 2.24) is 5.16 Å². The molecule has 1 atom stereocenters. The third kappa shape index (κ3) is 3.84. The van der Waals surface area contributed by atoms with Crippen LogP contribution in [0.3, 0.4) is 0 Å². The second-order valence-corrected chi connectivity index (χ2v) is 5.68. The third-order valence-corrected chi connectivity index (χ3v) is 3.88. The molecular formula is C14H15FN2O2S. The van der Waals surface area contributed by atoms with Gasteiger partial charge in [-0.1, -0.05) is 23.4 Å². The lowest BCUT2D eigenvalue weighted by molar-refractivity contribution is -0.113. The summed E-state index contributed by atoms with van der Waals surface area (Å²) in [5.74, 6) is 0.0923. The molecule has 0 saturated carbocycles. The topological polar surface area (TPSA) is 55.1 Å². The van der Waals surface area contributed by atoms with Gasteiger partial charge in [-0.2, -0.15) is 0 Å². The average Bonchev–Trinajstić information content (AvgIpc) is 2.82. The van der Waals surface area contributed by atoms with Gasteiger partial charge in [0, 0.05) is 16.9 Å². The highest BCUT2D eigenvalue weighted by atomic mass is 32.2. The van der Waals surface area contributed by atoms with Crippen molar-refractivity contribution in [2.45, 2.75) is 19.1 Å². The molecule has 0 aliphatic heterocycles. The van der Waals surface area contributed by atoms with Crippen molar-refractivity contribution in [3.05, 3.63) is 47.4 Å². The molecular weight excluding hydrogens is 279 g/mol. The van der Waals surface area contributed by atoms with Gasteiger partial charge in [-0.05, 0) is 19.9 Å². The Kier molecular flexibility index (Phi) is 4.79. The molecule has 1 heterocycles. The highest BCUT2D eigenvalue weighted by molar-refractivity contribution is 8.00. The predicted molar refractivity (Wildman–Crippen MR) is 77.1 cm³/mol. The van der Waals surface area contributed by atoms with Gasteiger partial charge >= 0.3 is 0 Å². The molecule has 2 aromatic rings. The molecule has 0 bridgehead atoms. The molecule has 1 amide bonds. The fraction of sp³-hybridized carbons (Fsp3) is 0.286. The Morgan fingerprint density at radius 1 is 1.50 bits per heavy atom. The van der Waals surface area contributed by atoms with Crippen molar-refractivity contribution in [1.29, 1.82) is 0 Å². The smallest absolute Gasteiger partial charge is 0.236 e. The van der Waals surface area contributed by atoms with Crippen molar-refractivity contribution in [3.63, 3.8) is 0 Å². The molecule has 0 saturated heterocycles. The van der Waals surface area contributed by atoms with Crippen LogP contribution in [0, 0.1) is 12.7 Å². The van der Waals surface area contributed by atoms with E-state index in [1.807, 2.05) is 6.92 Å². The summed E-state index contributed by atoms with van der Waals surface area (Å²) in [4.78, 5) is 11.7. The van der Waals surface area contributed by atoms with Gasteiger partial charge in [-0.15, -0.1) is 11.8 Å². The number of thioether (sulfide) groups is 1. The molecule has 20 heavy (non-hydrogen) atoms. The summed E-state index contributed by atoms with van der Waals surface area (Å²) in [5, 5.41) is 6.18. The van der Waals surface area contributed by atoms with Gasteiger partial charge in [0.2, 0.25) is 11.8 Å². The first-order valence-corrected chi connectivity index (χ1v) is 7.20. The number of anilines is 1. The molecule has 4 nitrogen and oxygen atoms in total. The number of hydrogen-bond donors (Lipinski definition) is 1. The molecule has 2 rings (SSSR count). The number of aryl methyl sites for hydroxylation is 1. The molecule has 0 aliphatic rings. The number of halogens is 1. The number of amides is 1. The Morgan fingerprint density at radius 2 is 2.25 bits per heavy atom. The van der Waals surface area contributed by atoms with Crippen LogP contribution in [0.25, 0.3) is 0 Å². The molecule has 0 spiro atoms. The average molecular weight is 294 g/mol. The monoisotopic (exact) mass is 294 g/mol. The molecule has 106 valence electrons. The molecule has 0 radical (unpaired) electrons. The molecule has 1 aromatic carbocycles. The highest BCUT2D eigenvalue weighted by Crippen LogP contribution is 2.29. The van der Waals surface area contributed by atoms with Gasteiger partial charge in [-0.3, -0.25) is 10.1 Å². The Labute approximate surface area is 120 Å². The molecule has 1 N–H and O–H groups in total. The summed E-state index contributed by atoms with van der Waals surface area (Å²) in [5.41, 5.74) is 1.30. The second-order valence-electron chi connectivity index (χ2n) is 4.36. The van der Waals surface area contributed by atoms with E-state index in [9.17, 15) is 9.18 Å². The summed E-state index contributed by atoms with van der Waals surface area (Å²) in [6.45, 7) is 3.64. The SMILES string of the molecule is Cc1cc(NC(=O)CSC(C)c2ccccc2F)on1. The van der Waals surface area contributed by atoms with E-state index in [4.69, 9.17) is 4.52 Å². The lowest BCUT2D eigenvalue weighted by Gasteiger charge is -2.11. The number of nitrogens with one attached hydrogen (secondary N) is 1. The van der Waals surface area contributed by atoms with E-state index < -0.39 is 0 Å². The van der Waals surface area contributed by atoms with Crippen molar-refractivity contribution in [2.24, 2.45) is 0 Å². The number of carbonyl (C=O) groups is 1. The van der Waals surface area contributed by atoms with Gasteiger partial charge in [0.1, 0.15) is 5.82 Å². The zero-order chi connectivity index (χ0) is 14.5. The van der Waals surface area contributed by atoms with Crippen LogP contribution in [-0.2, 0) is 4.79 Å². The fourth-order valence-electron chi connectivity index (χ4n) is 1.69. The summed E-state index contributed by atoms with van der Waals surface area (Å²) < 4.78 is 18.5. The second kappa shape index (κ2) is 6.56. The molecule has 1 aromatic heterocycles. The normalized spacial score (nSPS) is 12.2. The van der Waals surface area contributed by atoms with Crippen LogP contribution in [-0.4, -0.2) is 16.8 Å². The van der Waals surface area contributed by atoms with E-state index in [-0.39, 0.29) is 22.7 Å². The van der Waals surface area contributed by atoms with Crippen molar-refractivity contribution in [3.8, 4) is 0 Å². The van der Waals surface area contributed by atoms with Gasteiger partial charge in [0.25, 0.3) is 0 Å². The zero-order valence-corrected chi connectivity index (χ0v) is 12.0. The quantitative estimate of drug-likeness (QED) is 0.916. The van der Waals surface area contributed by atoms with Crippen LogP contribution in [0.15, 0.2) is 34.9 Å². The third-order valence-electron chi connectivity index (χ3n) is 2.70. The van der Waals surface area contributed by atoms with E-state index in [2.05, 4.69) is 10.5 Å². The maximum absolute atomic E-state index is 13.6. The number of hydrogen-bond acceptors (Lipinski definition) is 4. The van der Waals surface area contributed by atoms with Crippen LogP contribution in [0.5, 0.6) is 0 Å². The molecule has 6 heteroatoms. The van der Waals surface area contributed by atoms with Crippen LogP contribution in [0.4, 0.5) is 10.3 Å². The largest absolute Gasteiger partial charge is 0.338 e. The van der Waals surface area contributed by atoms with Crippen LogP contribution >= 0.6 is 11.8 Å². The lowest BCUT2D eigenvalue weighted by atomic mass is 10.1. The summed E-state index contributed by atoms with van der Waals surface area (Å²) >= 11 is 1.36. The van der Waals surface area contributed by atoms with E-state index in [1.165, 1.54) is 17.8 Å². The minimum atomic E-state index is -0.251. The first-order chi connectivity index (χ1) is 9.56. The minimum absolute atomic E-state index is 0.0987. The predicted octanol–water partition coefficient (Wildman–Crippen LogP) is 3.56. The fourth-order valence-corrected chi connectivity index (χ4v) is 2.54. The Morgan fingerprint density at radius 3 is 2.90 bits per heavy atom. The molecule has 0 fully saturated rings. The first kappa shape index (κ1) is 14.6. The van der Waals surface area contributed by atoms with Crippen LogP contribution in [0.1, 0.15) is 23.4 Å². The Balaban J connectivity index is 1.85. The first-order valence-electron chi connectivity index (χ1n) is 6.15. The minimum Gasteiger partial charge on any atom is -0.338 e. The van der Waals surface area contributed by atoms with Crippen LogP contribution in [0.2, 0.25) is 0 Å². The van der Waals surface area contributed by atoms with E-state index in [0.29, 0.717) is 17.1 Å². The van der Waals surface area contributed by atoms with Crippen molar-refractivity contribution in [2.75, 3.05) is 11.1 Å².